The van der Waals surface area contributed by atoms with Gasteiger partial charge in [0.15, 0.2) is 0 Å². The minimum atomic E-state index is -0.358. The highest BCUT2D eigenvalue weighted by Gasteiger charge is 2.25. The summed E-state index contributed by atoms with van der Waals surface area (Å²) in [4.78, 5) is 10.6. The van der Waals surface area contributed by atoms with E-state index in [0.29, 0.717) is 11.5 Å². The smallest absolute Gasteiger partial charge is 0.277 e. The van der Waals surface area contributed by atoms with Gasteiger partial charge in [-0.2, -0.15) is 0 Å². The van der Waals surface area contributed by atoms with Gasteiger partial charge < -0.3 is 4.74 Å². The van der Waals surface area contributed by atoms with Gasteiger partial charge >= 0.3 is 0 Å². The zero-order valence-corrected chi connectivity index (χ0v) is 9.13. The summed E-state index contributed by atoms with van der Waals surface area (Å²) in [5.41, 5.74) is 0.128. The van der Waals surface area contributed by atoms with Crippen LogP contribution in [0.2, 0.25) is 0 Å². The van der Waals surface area contributed by atoms with Crippen LogP contribution in [-0.2, 0) is 0 Å². The molecule has 0 saturated heterocycles. The monoisotopic (exact) mass is 229 g/mol. The predicted octanol–water partition coefficient (Wildman–Crippen LogP) is 3.29. The lowest BCUT2D eigenvalue weighted by Crippen LogP contribution is -1.97. The maximum Gasteiger partial charge on any atom is 0.277 e. The molecule has 4 heteroatoms. The highest BCUT2D eigenvalue weighted by molar-refractivity contribution is 5.95. The number of nitrogens with zero attached hydrogens (tertiary/aromatic N) is 1. The van der Waals surface area contributed by atoms with Crippen molar-refractivity contribution in [2.75, 3.05) is 0 Å². The molecule has 1 aliphatic rings. The van der Waals surface area contributed by atoms with Crippen molar-refractivity contribution in [3.8, 4) is 5.75 Å². The third-order valence-corrected chi connectivity index (χ3v) is 2.88. The van der Waals surface area contributed by atoms with E-state index in [0.717, 1.165) is 24.0 Å². The average molecular weight is 229 g/mol. The van der Waals surface area contributed by atoms with Gasteiger partial charge in [0, 0.05) is 11.5 Å². The molecule has 0 aliphatic heterocycles. The minimum Gasteiger partial charge on any atom is -0.490 e. The molecule has 0 unspecified atom stereocenters. The first-order chi connectivity index (χ1) is 8.25. The fourth-order valence-electron chi connectivity index (χ4n) is 1.88. The molecule has 1 aliphatic carbocycles. The Bertz CT molecular complexity index is 590. The number of nitro groups is 1. The fraction of sp³-hybridized carbons (Fsp3) is 0.231. The molecule has 0 heterocycles. The fourth-order valence-corrected chi connectivity index (χ4v) is 1.88. The quantitative estimate of drug-likeness (QED) is 0.599. The van der Waals surface area contributed by atoms with Gasteiger partial charge in [-0.3, -0.25) is 10.1 Å². The van der Waals surface area contributed by atoms with E-state index < -0.39 is 0 Å². The van der Waals surface area contributed by atoms with Crippen LogP contribution in [-0.4, -0.2) is 11.0 Å². The molecule has 0 atom stereocenters. The van der Waals surface area contributed by atoms with Crippen LogP contribution in [0.5, 0.6) is 5.75 Å². The molecule has 2 aromatic rings. The van der Waals surface area contributed by atoms with Crippen LogP contribution in [0.15, 0.2) is 36.4 Å². The van der Waals surface area contributed by atoms with E-state index in [-0.39, 0.29) is 10.6 Å². The molecule has 2 aromatic carbocycles. The highest BCUT2D eigenvalue weighted by Crippen LogP contribution is 2.36. The number of nitro benzene ring substituents is 1. The summed E-state index contributed by atoms with van der Waals surface area (Å²) < 4.78 is 5.75. The maximum absolute atomic E-state index is 10.9. The number of hydrogen-bond donors (Lipinski definition) is 0. The van der Waals surface area contributed by atoms with E-state index in [4.69, 9.17) is 4.74 Å². The second kappa shape index (κ2) is 3.73. The molecule has 0 amide bonds. The molecule has 1 saturated carbocycles. The van der Waals surface area contributed by atoms with Crippen molar-refractivity contribution in [3.05, 3.63) is 46.5 Å². The molecular weight excluding hydrogens is 218 g/mol. The number of benzene rings is 2. The van der Waals surface area contributed by atoms with Crippen LogP contribution >= 0.6 is 0 Å². The Hall–Kier alpha value is -2.10. The van der Waals surface area contributed by atoms with Gasteiger partial charge in [0.25, 0.3) is 5.69 Å². The summed E-state index contributed by atoms with van der Waals surface area (Å²) >= 11 is 0. The summed E-state index contributed by atoms with van der Waals surface area (Å²) in [6.07, 6.45) is 2.44. The topological polar surface area (TPSA) is 52.4 Å². The molecule has 0 bridgehead atoms. The van der Waals surface area contributed by atoms with Crippen molar-refractivity contribution in [2.24, 2.45) is 0 Å². The van der Waals surface area contributed by atoms with Crippen molar-refractivity contribution < 1.29 is 9.66 Å². The van der Waals surface area contributed by atoms with E-state index in [1.54, 1.807) is 18.2 Å². The Morgan fingerprint density at radius 1 is 1.12 bits per heavy atom. The lowest BCUT2D eigenvalue weighted by atomic mass is 10.1. The Kier molecular flexibility index (Phi) is 2.21. The molecule has 0 N–H and O–H groups in total. The Labute approximate surface area is 98.0 Å². The number of non-ortho nitro benzene ring substituents is 1. The predicted molar refractivity (Wildman–Crippen MR) is 64.3 cm³/mol. The minimum absolute atomic E-state index is 0.128. The standard InChI is InChI=1S/C13H11NO3/c15-14(16)12-7-8-13(17-9-5-6-9)11-4-2-1-3-10(11)12/h1-4,7-9H,5-6H2. The van der Waals surface area contributed by atoms with Crippen molar-refractivity contribution in [1.29, 1.82) is 0 Å². The SMILES string of the molecule is O=[N+]([O-])c1ccc(OC2CC2)c2ccccc12. The first-order valence-electron chi connectivity index (χ1n) is 5.58. The number of rotatable bonds is 3. The molecule has 1 fully saturated rings. The molecule has 4 nitrogen and oxygen atoms in total. The van der Waals surface area contributed by atoms with E-state index in [9.17, 15) is 10.1 Å². The summed E-state index contributed by atoms with van der Waals surface area (Å²) in [6, 6.07) is 10.5. The van der Waals surface area contributed by atoms with Gasteiger partial charge in [-0.15, -0.1) is 0 Å². The second-order valence-electron chi connectivity index (χ2n) is 4.20. The second-order valence-corrected chi connectivity index (χ2v) is 4.20. The molecule has 17 heavy (non-hydrogen) atoms. The van der Waals surface area contributed by atoms with Gasteiger partial charge in [0.2, 0.25) is 0 Å². The molecule has 0 radical (unpaired) electrons. The lowest BCUT2D eigenvalue weighted by Gasteiger charge is -2.08. The largest absolute Gasteiger partial charge is 0.490 e. The van der Waals surface area contributed by atoms with Crippen LogP contribution in [0, 0.1) is 10.1 Å². The average Bonchev–Trinajstić information content (AvgIpc) is 3.13. The molecule has 3 rings (SSSR count). The molecular formula is C13H11NO3. The zero-order chi connectivity index (χ0) is 11.8. The van der Waals surface area contributed by atoms with Gasteiger partial charge in [0.05, 0.1) is 16.4 Å². The van der Waals surface area contributed by atoms with E-state index in [1.165, 1.54) is 6.07 Å². The van der Waals surface area contributed by atoms with E-state index in [1.807, 2.05) is 12.1 Å². The van der Waals surface area contributed by atoms with E-state index >= 15 is 0 Å². The van der Waals surface area contributed by atoms with Crippen molar-refractivity contribution in [2.45, 2.75) is 18.9 Å². The van der Waals surface area contributed by atoms with Crippen molar-refractivity contribution >= 4 is 16.5 Å². The summed E-state index contributed by atoms with van der Waals surface area (Å²) in [5, 5.41) is 12.4. The Morgan fingerprint density at radius 2 is 1.82 bits per heavy atom. The van der Waals surface area contributed by atoms with Crippen LogP contribution in [0.1, 0.15) is 12.8 Å². The lowest BCUT2D eigenvalue weighted by molar-refractivity contribution is -0.383. The zero-order valence-electron chi connectivity index (χ0n) is 9.13. The van der Waals surface area contributed by atoms with Gasteiger partial charge in [0.1, 0.15) is 5.75 Å². The van der Waals surface area contributed by atoms with E-state index in [2.05, 4.69) is 0 Å². The molecule has 0 spiro atoms. The Morgan fingerprint density at radius 3 is 2.47 bits per heavy atom. The first kappa shape index (κ1) is 10.1. The molecule has 86 valence electrons. The van der Waals surface area contributed by atoms with Crippen LogP contribution in [0.3, 0.4) is 0 Å². The summed E-state index contributed by atoms with van der Waals surface area (Å²) in [6.45, 7) is 0. The van der Waals surface area contributed by atoms with Gasteiger partial charge in [-0.25, -0.2) is 0 Å². The van der Waals surface area contributed by atoms with Gasteiger partial charge in [-0.05, 0) is 25.0 Å². The van der Waals surface area contributed by atoms with Crippen molar-refractivity contribution in [1.82, 2.24) is 0 Å². The molecule has 0 aromatic heterocycles. The number of hydrogen-bond acceptors (Lipinski definition) is 3. The third-order valence-electron chi connectivity index (χ3n) is 2.88. The third kappa shape index (κ3) is 1.82. The number of ether oxygens (including phenoxy) is 1. The normalized spacial score (nSPS) is 14.8. The first-order valence-corrected chi connectivity index (χ1v) is 5.58. The van der Waals surface area contributed by atoms with Crippen molar-refractivity contribution in [3.63, 3.8) is 0 Å². The van der Waals surface area contributed by atoms with Crippen LogP contribution in [0.25, 0.3) is 10.8 Å². The van der Waals surface area contributed by atoms with Crippen LogP contribution < -0.4 is 4.74 Å². The summed E-state index contributed by atoms with van der Waals surface area (Å²) in [7, 11) is 0. The van der Waals surface area contributed by atoms with Crippen LogP contribution in [0.4, 0.5) is 5.69 Å². The maximum atomic E-state index is 10.9. The summed E-state index contributed by atoms with van der Waals surface area (Å²) in [5.74, 6) is 0.744. The van der Waals surface area contributed by atoms with Gasteiger partial charge in [-0.1, -0.05) is 18.2 Å². The number of fused-ring (bicyclic) bond motifs is 1. The highest BCUT2D eigenvalue weighted by atomic mass is 16.6. The Balaban J connectivity index is 2.18.